The molecule has 0 radical (unpaired) electrons. The SMILES string of the molecule is COc1ccc(C(=O)/C=C/c2cccc(Oc3ccccc3)c2)cc1CC(=O)O. The minimum Gasteiger partial charge on any atom is -0.496 e. The number of carbonyl (C=O) groups excluding carboxylic acids is 1. The normalized spacial score (nSPS) is 10.7. The number of rotatable bonds is 8. The Bertz CT molecular complexity index is 1040. The van der Waals surface area contributed by atoms with Crippen LogP contribution >= 0.6 is 0 Å². The minimum atomic E-state index is -0.987. The molecule has 0 fully saturated rings. The van der Waals surface area contributed by atoms with E-state index in [9.17, 15) is 9.59 Å². The van der Waals surface area contributed by atoms with Crippen LogP contribution in [-0.2, 0) is 11.2 Å². The van der Waals surface area contributed by atoms with Crippen LogP contribution in [0, 0.1) is 0 Å². The lowest BCUT2D eigenvalue weighted by Crippen LogP contribution is -2.04. The van der Waals surface area contributed by atoms with Crippen molar-refractivity contribution in [3.05, 3.63) is 95.6 Å². The molecular weight excluding hydrogens is 368 g/mol. The molecule has 0 heterocycles. The summed E-state index contributed by atoms with van der Waals surface area (Å²) in [5, 5.41) is 9.03. The highest BCUT2D eigenvalue weighted by Crippen LogP contribution is 2.23. The number of aliphatic carboxylic acids is 1. The van der Waals surface area contributed by atoms with E-state index >= 15 is 0 Å². The lowest BCUT2D eigenvalue weighted by Gasteiger charge is -2.08. The summed E-state index contributed by atoms with van der Waals surface area (Å²) in [6.45, 7) is 0. The van der Waals surface area contributed by atoms with Crippen molar-refractivity contribution < 1.29 is 24.2 Å². The van der Waals surface area contributed by atoms with Crippen molar-refractivity contribution in [1.82, 2.24) is 0 Å². The Balaban J connectivity index is 1.75. The zero-order chi connectivity index (χ0) is 20.6. The maximum atomic E-state index is 12.5. The van der Waals surface area contributed by atoms with Crippen molar-refractivity contribution in [2.45, 2.75) is 6.42 Å². The molecule has 0 spiro atoms. The van der Waals surface area contributed by atoms with Gasteiger partial charge in [0.05, 0.1) is 13.5 Å². The van der Waals surface area contributed by atoms with Crippen molar-refractivity contribution >= 4 is 17.8 Å². The number of carboxylic acid groups (broad SMARTS) is 1. The molecule has 3 rings (SSSR count). The van der Waals surface area contributed by atoms with Gasteiger partial charge in [-0.15, -0.1) is 0 Å². The Morgan fingerprint density at radius 3 is 2.41 bits per heavy atom. The van der Waals surface area contributed by atoms with E-state index in [-0.39, 0.29) is 12.2 Å². The summed E-state index contributed by atoms with van der Waals surface area (Å²) in [4.78, 5) is 23.6. The molecule has 5 heteroatoms. The fraction of sp³-hybridized carbons (Fsp3) is 0.0833. The van der Waals surface area contributed by atoms with Gasteiger partial charge in [0.2, 0.25) is 0 Å². The van der Waals surface area contributed by atoms with Crippen LogP contribution in [0.15, 0.2) is 78.9 Å². The van der Waals surface area contributed by atoms with Crippen LogP contribution in [0.25, 0.3) is 6.08 Å². The number of ether oxygens (including phenoxy) is 2. The smallest absolute Gasteiger partial charge is 0.307 e. The number of methoxy groups -OCH3 is 1. The van der Waals surface area contributed by atoms with Crippen molar-refractivity contribution in [3.63, 3.8) is 0 Å². The fourth-order valence-corrected chi connectivity index (χ4v) is 2.81. The molecule has 0 bridgehead atoms. The lowest BCUT2D eigenvalue weighted by molar-refractivity contribution is -0.136. The first kappa shape index (κ1) is 19.9. The fourth-order valence-electron chi connectivity index (χ4n) is 2.81. The second-order valence-electron chi connectivity index (χ2n) is 6.28. The molecule has 0 amide bonds. The number of hydrogen-bond acceptors (Lipinski definition) is 4. The average molecular weight is 388 g/mol. The largest absolute Gasteiger partial charge is 0.496 e. The number of carboxylic acids is 1. The number of benzene rings is 3. The number of allylic oxidation sites excluding steroid dienone is 1. The zero-order valence-corrected chi connectivity index (χ0v) is 15.9. The quantitative estimate of drug-likeness (QED) is 0.434. The highest BCUT2D eigenvalue weighted by atomic mass is 16.5. The van der Waals surface area contributed by atoms with Crippen LogP contribution < -0.4 is 9.47 Å². The van der Waals surface area contributed by atoms with Crippen LogP contribution in [-0.4, -0.2) is 24.0 Å². The van der Waals surface area contributed by atoms with Crippen LogP contribution in [0.5, 0.6) is 17.2 Å². The monoisotopic (exact) mass is 388 g/mol. The van der Waals surface area contributed by atoms with Gasteiger partial charge in [0.15, 0.2) is 5.78 Å². The van der Waals surface area contributed by atoms with Crippen LogP contribution in [0.3, 0.4) is 0 Å². The maximum Gasteiger partial charge on any atom is 0.307 e. The van der Waals surface area contributed by atoms with E-state index in [1.807, 2.05) is 54.6 Å². The molecule has 0 aliphatic carbocycles. The first-order valence-electron chi connectivity index (χ1n) is 8.99. The Hall–Kier alpha value is -3.86. The Kier molecular flexibility index (Phi) is 6.43. The van der Waals surface area contributed by atoms with Crippen LogP contribution in [0.4, 0.5) is 0 Å². The van der Waals surface area contributed by atoms with Crippen LogP contribution in [0.1, 0.15) is 21.5 Å². The third-order valence-corrected chi connectivity index (χ3v) is 4.17. The molecule has 0 aromatic heterocycles. The summed E-state index contributed by atoms with van der Waals surface area (Å²) in [6.07, 6.45) is 2.93. The van der Waals surface area contributed by atoms with Gasteiger partial charge < -0.3 is 14.6 Å². The third kappa shape index (κ3) is 5.56. The summed E-state index contributed by atoms with van der Waals surface area (Å²) in [6, 6.07) is 21.6. The average Bonchev–Trinajstić information content (AvgIpc) is 2.72. The summed E-state index contributed by atoms with van der Waals surface area (Å²) < 4.78 is 11.0. The van der Waals surface area contributed by atoms with Gasteiger partial charge in [-0.05, 0) is 54.1 Å². The van der Waals surface area contributed by atoms with E-state index in [4.69, 9.17) is 14.6 Å². The molecule has 29 heavy (non-hydrogen) atoms. The van der Waals surface area contributed by atoms with E-state index in [0.717, 1.165) is 11.3 Å². The van der Waals surface area contributed by atoms with Gasteiger partial charge in [-0.2, -0.15) is 0 Å². The van der Waals surface area contributed by atoms with Gasteiger partial charge in [-0.25, -0.2) is 0 Å². The summed E-state index contributed by atoms with van der Waals surface area (Å²) >= 11 is 0. The summed E-state index contributed by atoms with van der Waals surface area (Å²) in [5.74, 6) is 0.624. The van der Waals surface area contributed by atoms with E-state index in [1.54, 1.807) is 24.3 Å². The van der Waals surface area contributed by atoms with Gasteiger partial charge in [0, 0.05) is 11.1 Å². The van der Waals surface area contributed by atoms with Crippen molar-refractivity contribution in [2.24, 2.45) is 0 Å². The van der Waals surface area contributed by atoms with E-state index < -0.39 is 5.97 Å². The van der Waals surface area contributed by atoms with Crippen molar-refractivity contribution in [3.8, 4) is 17.2 Å². The molecule has 0 saturated carbocycles. The van der Waals surface area contributed by atoms with E-state index in [1.165, 1.54) is 13.2 Å². The molecule has 0 unspecified atom stereocenters. The third-order valence-electron chi connectivity index (χ3n) is 4.17. The van der Waals surface area contributed by atoms with Gasteiger partial charge in [0.1, 0.15) is 17.2 Å². The highest BCUT2D eigenvalue weighted by molar-refractivity contribution is 6.07. The molecule has 3 aromatic rings. The Morgan fingerprint density at radius 1 is 0.931 bits per heavy atom. The molecular formula is C24H20O5. The molecule has 1 N–H and O–H groups in total. The van der Waals surface area contributed by atoms with E-state index in [0.29, 0.717) is 22.6 Å². The Morgan fingerprint density at radius 2 is 1.69 bits per heavy atom. The first-order valence-corrected chi connectivity index (χ1v) is 8.99. The van der Waals surface area contributed by atoms with Crippen molar-refractivity contribution in [2.75, 3.05) is 7.11 Å². The first-order chi connectivity index (χ1) is 14.0. The molecule has 0 saturated heterocycles. The summed E-state index contributed by atoms with van der Waals surface area (Å²) in [5.41, 5.74) is 1.67. The minimum absolute atomic E-state index is 0.215. The van der Waals surface area contributed by atoms with Gasteiger partial charge in [-0.1, -0.05) is 36.4 Å². The van der Waals surface area contributed by atoms with Crippen LogP contribution in [0.2, 0.25) is 0 Å². The molecule has 0 aliphatic heterocycles. The van der Waals surface area contributed by atoms with Gasteiger partial charge >= 0.3 is 5.97 Å². The van der Waals surface area contributed by atoms with Gasteiger partial charge in [-0.3, -0.25) is 9.59 Å². The van der Waals surface area contributed by atoms with E-state index in [2.05, 4.69) is 0 Å². The number of para-hydroxylation sites is 1. The maximum absolute atomic E-state index is 12.5. The highest BCUT2D eigenvalue weighted by Gasteiger charge is 2.11. The molecule has 0 atom stereocenters. The lowest BCUT2D eigenvalue weighted by atomic mass is 10.0. The zero-order valence-electron chi connectivity index (χ0n) is 15.9. The Labute approximate surface area is 168 Å². The number of ketones is 1. The number of hydrogen-bond donors (Lipinski definition) is 1. The predicted octanol–water partition coefficient (Wildman–Crippen LogP) is 5.01. The predicted molar refractivity (Wildman–Crippen MR) is 111 cm³/mol. The van der Waals surface area contributed by atoms with Crippen molar-refractivity contribution in [1.29, 1.82) is 0 Å². The van der Waals surface area contributed by atoms with Gasteiger partial charge in [0.25, 0.3) is 0 Å². The standard InChI is InChI=1S/C24H20O5/c1-28-23-13-11-18(15-19(23)16-24(26)27)22(25)12-10-17-6-5-9-21(14-17)29-20-7-3-2-4-8-20/h2-15H,16H2,1H3,(H,26,27)/b12-10+. The molecule has 0 aliphatic rings. The number of carbonyl (C=O) groups is 2. The second kappa shape index (κ2) is 9.37. The summed E-state index contributed by atoms with van der Waals surface area (Å²) in [7, 11) is 1.46. The molecule has 5 nitrogen and oxygen atoms in total. The second-order valence-corrected chi connectivity index (χ2v) is 6.28. The molecule has 3 aromatic carbocycles. The molecule has 146 valence electrons. The topological polar surface area (TPSA) is 72.8 Å².